The van der Waals surface area contributed by atoms with E-state index < -0.39 is 17.7 Å². The quantitative estimate of drug-likeness (QED) is 0.862. The highest BCUT2D eigenvalue weighted by Crippen LogP contribution is 2.30. The molecule has 7 heteroatoms. The molecule has 0 radical (unpaired) electrons. The van der Waals surface area contributed by atoms with Gasteiger partial charge in [0.25, 0.3) is 0 Å². The first-order chi connectivity index (χ1) is 9.32. The zero-order valence-electron chi connectivity index (χ0n) is 10.7. The number of esters is 1. The van der Waals surface area contributed by atoms with Gasteiger partial charge in [0.1, 0.15) is 5.82 Å². The second-order valence-corrected chi connectivity index (χ2v) is 4.13. The van der Waals surface area contributed by atoms with E-state index in [0.29, 0.717) is 17.1 Å². The number of carbonyl (C=O) groups is 1. The predicted molar refractivity (Wildman–Crippen MR) is 65.1 cm³/mol. The van der Waals surface area contributed by atoms with Crippen LogP contribution in [0.1, 0.15) is 21.7 Å². The van der Waals surface area contributed by atoms with E-state index >= 15 is 0 Å². The number of methoxy groups -OCH3 is 1. The molecular weight excluding hydrogens is 273 g/mol. The normalized spacial score (nSPS) is 11.4. The molecular formula is C13H11F3N2O2. The fraction of sp³-hybridized carbons (Fsp3) is 0.231. The molecule has 4 nitrogen and oxygen atoms in total. The maximum Gasteiger partial charge on any atom is 0.416 e. The molecule has 0 atom stereocenters. The minimum Gasteiger partial charge on any atom is -0.464 e. The predicted octanol–water partition coefficient (Wildman–Crippen LogP) is 3.19. The van der Waals surface area contributed by atoms with Crippen LogP contribution < -0.4 is 0 Å². The van der Waals surface area contributed by atoms with Crippen LogP contribution in [0.3, 0.4) is 0 Å². The molecule has 20 heavy (non-hydrogen) atoms. The lowest BCUT2D eigenvalue weighted by molar-refractivity contribution is -0.137. The van der Waals surface area contributed by atoms with E-state index in [4.69, 9.17) is 0 Å². The van der Waals surface area contributed by atoms with Crippen molar-refractivity contribution in [2.24, 2.45) is 0 Å². The molecule has 0 spiro atoms. The molecule has 2 aromatic rings. The highest BCUT2D eigenvalue weighted by Gasteiger charge is 2.30. The van der Waals surface area contributed by atoms with Gasteiger partial charge < -0.3 is 9.72 Å². The summed E-state index contributed by atoms with van der Waals surface area (Å²) in [6.07, 6.45) is -4.38. The molecule has 1 heterocycles. The van der Waals surface area contributed by atoms with Gasteiger partial charge in [-0.05, 0) is 19.1 Å². The average molecular weight is 284 g/mol. The molecule has 1 aromatic carbocycles. The Morgan fingerprint density at radius 1 is 1.25 bits per heavy atom. The van der Waals surface area contributed by atoms with Gasteiger partial charge in [0, 0.05) is 11.3 Å². The number of alkyl halides is 3. The molecule has 1 N–H and O–H groups in total. The van der Waals surface area contributed by atoms with Gasteiger partial charge in [0.15, 0.2) is 5.69 Å². The van der Waals surface area contributed by atoms with Crippen LogP contribution in [0.25, 0.3) is 11.4 Å². The first-order valence-electron chi connectivity index (χ1n) is 5.65. The fourth-order valence-corrected chi connectivity index (χ4v) is 1.71. The van der Waals surface area contributed by atoms with E-state index in [-0.39, 0.29) is 5.69 Å². The van der Waals surface area contributed by atoms with E-state index in [0.717, 1.165) is 12.1 Å². The summed E-state index contributed by atoms with van der Waals surface area (Å²) in [6, 6.07) is 4.51. The Kier molecular flexibility index (Phi) is 3.52. The number of aryl methyl sites for hydroxylation is 1. The van der Waals surface area contributed by atoms with Crippen molar-refractivity contribution in [2.75, 3.05) is 7.11 Å². The number of nitrogens with zero attached hydrogens (tertiary/aromatic N) is 1. The standard InChI is InChI=1S/C13H11F3N2O2/c1-7-10(12(19)20-2)18-11(17-7)8-3-5-9(6-4-8)13(14,15)16/h3-6H,1-2H3,(H,17,18). The van der Waals surface area contributed by atoms with Crippen LogP contribution >= 0.6 is 0 Å². The molecule has 0 fully saturated rings. The van der Waals surface area contributed by atoms with Crippen molar-refractivity contribution in [3.63, 3.8) is 0 Å². The SMILES string of the molecule is COC(=O)c1nc(-c2ccc(C(F)(F)F)cc2)[nH]c1C. The van der Waals surface area contributed by atoms with Crippen LogP contribution in [0.5, 0.6) is 0 Å². The van der Waals surface area contributed by atoms with Crippen molar-refractivity contribution in [3.8, 4) is 11.4 Å². The lowest BCUT2D eigenvalue weighted by Crippen LogP contribution is -2.04. The summed E-state index contributed by atoms with van der Waals surface area (Å²) in [5.74, 6) is -0.284. The van der Waals surface area contributed by atoms with E-state index in [1.54, 1.807) is 6.92 Å². The van der Waals surface area contributed by atoms with Crippen LogP contribution in [0, 0.1) is 6.92 Å². The Bertz CT molecular complexity index is 630. The van der Waals surface area contributed by atoms with Gasteiger partial charge in [-0.15, -0.1) is 0 Å². The molecule has 0 saturated carbocycles. The number of imidazole rings is 1. The van der Waals surface area contributed by atoms with Crippen LogP contribution in [0.15, 0.2) is 24.3 Å². The van der Waals surface area contributed by atoms with E-state index in [1.807, 2.05) is 0 Å². The Morgan fingerprint density at radius 2 is 1.85 bits per heavy atom. The molecule has 0 unspecified atom stereocenters. The Balaban J connectivity index is 2.35. The zero-order valence-corrected chi connectivity index (χ0v) is 10.7. The monoisotopic (exact) mass is 284 g/mol. The molecule has 1 aromatic heterocycles. The third-order valence-electron chi connectivity index (χ3n) is 2.75. The average Bonchev–Trinajstić information content (AvgIpc) is 2.79. The van der Waals surface area contributed by atoms with Crippen LogP contribution in [0.2, 0.25) is 0 Å². The van der Waals surface area contributed by atoms with Crippen molar-refractivity contribution in [2.45, 2.75) is 13.1 Å². The van der Waals surface area contributed by atoms with Gasteiger partial charge >= 0.3 is 12.1 Å². The molecule has 2 rings (SSSR count). The third-order valence-corrected chi connectivity index (χ3v) is 2.75. The summed E-state index contributed by atoms with van der Waals surface area (Å²) in [5, 5.41) is 0. The number of hydrogen-bond donors (Lipinski definition) is 1. The molecule has 0 aliphatic rings. The first-order valence-corrected chi connectivity index (χ1v) is 5.65. The van der Waals surface area contributed by atoms with E-state index in [9.17, 15) is 18.0 Å². The Labute approximate surface area is 112 Å². The summed E-state index contributed by atoms with van der Waals surface area (Å²) in [4.78, 5) is 18.3. The molecule has 0 amide bonds. The Morgan fingerprint density at radius 3 is 2.35 bits per heavy atom. The molecule has 106 valence electrons. The van der Waals surface area contributed by atoms with Crippen LogP contribution in [-0.4, -0.2) is 23.0 Å². The highest BCUT2D eigenvalue weighted by molar-refractivity contribution is 5.89. The van der Waals surface area contributed by atoms with E-state index in [2.05, 4.69) is 14.7 Å². The second-order valence-electron chi connectivity index (χ2n) is 4.13. The maximum atomic E-state index is 12.5. The van der Waals surface area contributed by atoms with E-state index in [1.165, 1.54) is 19.2 Å². The lowest BCUT2D eigenvalue weighted by atomic mass is 10.1. The lowest BCUT2D eigenvalue weighted by Gasteiger charge is -2.06. The highest BCUT2D eigenvalue weighted by atomic mass is 19.4. The number of benzene rings is 1. The number of aromatic nitrogens is 2. The largest absolute Gasteiger partial charge is 0.464 e. The van der Waals surface area contributed by atoms with Crippen LogP contribution in [0.4, 0.5) is 13.2 Å². The number of rotatable bonds is 2. The number of ether oxygens (including phenoxy) is 1. The topological polar surface area (TPSA) is 55.0 Å². The summed E-state index contributed by atoms with van der Waals surface area (Å²) < 4.78 is 41.9. The Hall–Kier alpha value is -2.31. The van der Waals surface area contributed by atoms with Crippen molar-refractivity contribution in [3.05, 3.63) is 41.2 Å². The molecule has 0 aliphatic carbocycles. The van der Waals surface area contributed by atoms with Gasteiger partial charge in [-0.25, -0.2) is 9.78 Å². The van der Waals surface area contributed by atoms with Crippen molar-refractivity contribution < 1.29 is 22.7 Å². The number of H-pyrrole nitrogens is 1. The van der Waals surface area contributed by atoms with Gasteiger partial charge in [-0.2, -0.15) is 13.2 Å². The smallest absolute Gasteiger partial charge is 0.416 e. The molecule has 0 aliphatic heterocycles. The minimum atomic E-state index is -4.38. The number of halogens is 3. The maximum absolute atomic E-state index is 12.5. The number of aromatic amines is 1. The number of nitrogens with one attached hydrogen (secondary N) is 1. The number of carbonyl (C=O) groups excluding carboxylic acids is 1. The van der Waals surface area contributed by atoms with Crippen molar-refractivity contribution >= 4 is 5.97 Å². The fourth-order valence-electron chi connectivity index (χ4n) is 1.71. The third kappa shape index (κ3) is 2.66. The van der Waals surface area contributed by atoms with Gasteiger partial charge in [-0.1, -0.05) is 12.1 Å². The molecule has 0 saturated heterocycles. The van der Waals surface area contributed by atoms with Gasteiger partial charge in [0.2, 0.25) is 0 Å². The summed E-state index contributed by atoms with van der Waals surface area (Å²) >= 11 is 0. The van der Waals surface area contributed by atoms with Crippen LogP contribution in [-0.2, 0) is 10.9 Å². The second kappa shape index (κ2) is 4.99. The number of hydrogen-bond acceptors (Lipinski definition) is 3. The zero-order chi connectivity index (χ0) is 14.9. The van der Waals surface area contributed by atoms with Gasteiger partial charge in [0.05, 0.1) is 12.7 Å². The first kappa shape index (κ1) is 14.1. The van der Waals surface area contributed by atoms with Crippen molar-refractivity contribution in [1.29, 1.82) is 0 Å². The van der Waals surface area contributed by atoms with Gasteiger partial charge in [-0.3, -0.25) is 0 Å². The summed E-state index contributed by atoms with van der Waals surface area (Å²) in [6.45, 7) is 1.63. The summed E-state index contributed by atoms with van der Waals surface area (Å²) in [7, 11) is 1.23. The molecule has 0 bridgehead atoms. The minimum absolute atomic E-state index is 0.113. The van der Waals surface area contributed by atoms with Crippen molar-refractivity contribution in [1.82, 2.24) is 9.97 Å². The summed E-state index contributed by atoms with van der Waals surface area (Å²) in [5.41, 5.74) is 0.322.